The fourth-order valence-electron chi connectivity index (χ4n) is 2.14. The van der Waals surface area contributed by atoms with E-state index in [2.05, 4.69) is 25.7 Å². The maximum absolute atomic E-state index is 12.6. The Balaban J connectivity index is 2.99. The first-order valence-electron chi connectivity index (χ1n) is 7.63. The summed E-state index contributed by atoms with van der Waals surface area (Å²) < 4.78 is 0. The van der Waals surface area contributed by atoms with Crippen LogP contribution in [0.1, 0.15) is 54.6 Å². The number of aliphatic hydroxyl groups excluding tert-OH is 1. The zero-order chi connectivity index (χ0) is 15.7. The van der Waals surface area contributed by atoms with Gasteiger partial charge >= 0.3 is 0 Å². The zero-order valence-corrected chi connectivity index (χ0v) is 13.3. The van der Waals surface area contributed by atoms with E-state index in [-0.39, 0.29) is 12.5 Å². The number of benzene rings is 1. The quantitative estimate of drug-likeness (QED) is 0.817. The first-order chi connectivity index (χ1) is 10.1. The van der Waals surface area contributed by atoms with Crippen molar-refractivity contribution in [1.29, 1.82) is 0 Å². The molecule has 1 aromatic rings. The summed E-state index contributed by atoms with van der Waals surface area (Å²) in [4.78, 5) is 14.5. The fourth-order valence-corrected chi connectivity index (χ4v) is 2.14. The summed E-state index contributed by atoms with van der Waals surface area (Å²) in [6.07, 6.45) is 2.37. The van der Waals surface area contributed by atoms with Crippen LogP contribution in [0.25, 0.3) is 0 Å². The second-order valence-electron chi connectivity index (χ2n) is 5.10. The summed E-state index contributed by atoms with van der Waals surface area (Å²) in [5, 5.41) is 8.78. The Hall–Kier alpha value is -1.79. The monoisotopic (exact) mass is 287 g/mol. The molecule has 0 aromatic heterocycles. The van der Waals surface area contributed by atoms with Crippen LogP contribution in [-0.4, -0.2) is 35.6 Å². The van der Waals surface area contributed by atoms with Gasteiger partial charge in [0.05, 0.1) is 6.61 Å². The van der Waals surface area contributed by atoms with Crippen LogP contribution >= 0.6 is 0 Å². The number of aliphatic hydroxyl groups is 1. The maximum atomic E-state index is 12.6. The minimum absolute atomic E-state index is 0.0610. The van der Waals surface area contributed by atoms with E-state index < -0.39 is 0 Å². The molecule has 0 unspecified atom stereocenters. The Kier molecular flexibility index (Phi) is 7.56. The molecule has 21 heavy (non-hydrogen) atoms. The van der Waals surface area contributed by atoms with E-state index in [0.29, 0.717) is 12.0 Å². The average molecular weight is 287 g/mol. The molecule has 1 rings (SSSR count). The summed E-state index contributed by atoms with van der Waals surface area (Å²) in [6.45, 7) is 7.77. The van der Waals surface area contributed by atoms with Gasteiger partial charge in [-0.2, -0.15) is 0 Å². The van der Waals surface area contributed by atoms with E-state index in [1.54, 1.807) is 0 Å². The molecule has 114 valence electrons. The number of carbonyl (C=O) groups excluding carboxylic acids is 1. The van der Waals surface area contributed by atoms with Crippen LogP contribution in [0.2, 0.25) is 0 Å². The van der Waals surface area contributed by atoms with E-state index in [1.807, 2.05) is 30.0 Å². The molecule has 0 bridgehead atoms. The molecular formula is C18H25NO2. The Morgan fingerprint density at radius 1 is 1.24 bits per heavy atom. The first-order valence-corrected chi connectivity index (χ1v) is 7.63. The van der Waals surface area contributed by atoms with Crippen molar-refractivity contribution in [1.82, 2.24) is 4.90 Å². The zero-order valence-electron chi connectivity index (χ0n) is 13.3. The molecule has 0 aliphatic heterocycles. The Labute approximate surface area is 128 Å². The molecule has 0 spiro atoms. The van der Waals surface area contributed by atoms with Crippen LogP contribution in [0.15, 0.2) is 18.2 Å². The summed E-state index contributed by atoms with van der Waals surface area (Å²) in [5.41, 5.74) is 2.60. The largest absolute Gasteiger partial charge is 0.395 e. The van der Waals surface area contributed by atoms with Gasteiger partial charge in [-0.3, -0.25) is 4.79 Å². The molecule has 0 heterocycles. The van der Waals surface area contributed by atoms with Gasteiger partial charge in [0.25, 0.3) is 5.91 Å². The molecule has 1 amide bonds. The third-order valence-electron chi connectivity index (χ3n) is 3.22. The maximum Gasteiger partial charge on any atom is 0.253 e. The van der Waals surface area contributed by atoms with Crippen molar-refractivity contribution in [3.8, 4) is 11.8 Å². The Morgan fingerprint density at radius 2 is 1.90 bits per heavy atom. The van der Waals surface area contributed by atoms with Crippen LogP contribution in [0, 0.1) is 18.8 Å². The molecule has 1 N–H and O–H groups in total. The Bertz CT molecular complexity index is 520. The molecule has 0 saturated heterocycles. The second-order valence-corrected chi connectivity index (χ2v) is 5.10. The van der Waals surface area contributed by atoms with Gasteiger partial charge in [0.1, 0.15) is 0 Å². The van der Waals surface area contributed by atoms with Crippen LogP contribution in [0.4, 0.5) is 0 Å². The van der Waals surface area contributed by atoms with Crippen LogP contribution in [0.5, 0.6) is 0 Å². The normalized spacial score (nSPS) is 9.90. The molecule has 0 saturated carbocycles. The predicted molar refractivity (Wildman–Crippen MR) is 86.2 cm³/mol. The number of amides is 1. The highest BCUT2D eigenvalue weighted by molar-refractivity contribution is 5.94. The minimum atomic E-state index is 0.0610. The van der Waals surface area contributed by atoms with E-state index >= 15 is 0 Å². The molecule has 0 atom stereocenters. The van der Waals surface area contributed by atoms with Crippen molar-refractivity contribution in [2.24, 2.45) is 0 Å². The lowest BCUT2D eigenvalue weighted by Gasteiger charge is -2.21. The summed E-state index contributed by atoms with van der Waals surface area (Å²) in [5.74, 6) is 6.02. The minimum Gasteiger partial charge on any atom is -0.395 e. The smallest absolute Gasteiger partial charge is 0.253 e. The topological polar surface area (TPSA) is 40.5 Å². The van der Waals surface area contributed by atoms with Crippen molar-refractivity contribution in [3.05, 3.63) is 34.9 Å². The molecule has 0 aliphatic rings. The van der Waals surface area contributed by atoms with Gasteiger partial charge in [-0.05, 0) is 37.5 Å². The number of rotatable bonds is 6. The number of aryl methyl sites for hydroxylation is 1. The highest BCUT2D eigenvalue weighted by Crippen LogP contribution is 2.13. The number of hydrogen-bond donors (Lipinski definition) is 1. The van der Waals surface area contributed by atoms with E-state index in [9.17, 15) is 4.79 Å². The van der Waals surface area contributed by atoms with Crippen molar-refractivity contribution in [3.63, 3.8) is 0 Å². The van der Waals surface area contributed by atoms with E-state index in [1.165, 1.54) is 0 Å². The first kappa shape index (κ1) is 17.3. The van der Waals surface area contributed by atoms with Gasteiger partial charge in [-0.25, -0.2) is 0 Å². The van der Waals surface area contributed by atoms with Crippen molar-refractivity contribution in [2.45, 2.75) is 40.0 Å². The third-order valence-corrected chi connectivity index (χ3v) is 3.22. The lowest BCUT2D eigenvalue weighted by molar-refractivity contribution is 0.0755. The predicted octanol–water partition coefficient (Wildman–Crippen LogP) is 2.99. The lowest BCUT2D eigenvalue weighted by Crippen LogP contribution is -2.32. The van der Waals surface area contributed by atoms with Gasteiger partial charge in [-0.15, -0.1) is 0 Å². The third kappa shape index (κ3) is 5.24. The highest BCUT2D eigenvalue weighted by Gasteiger charge is 2.14. The fraction of sp³-hybridized carbons (Fsp3) is 0.500. The average Bonchev–Trinajstić information content (AvgIpc) is 2.48. The summed E-state index contributed by atoms with van der Waals surface area (Å²) in [7, 11) is 0. The summed E-state index contributed by atoms with van der Waals surface area (Å²) >= 11 is 0. The number of hydrogen-bond acceptors (Lipinski definition) is 2. The Morgan fingerprint density at radius 3 is 2.48 bits per heavy atom. The SMILES string of the molecule is CCCN(CCC)C(=O)c1ccc(C)c(C#CCCO)c1. The van der Waals surface area contributed by atoms with Gasteiger partial charge in [0.15, 0.2) is 0 Å². The van der Waals surface area contributed by atoms with Gasteiger partial charge in [0, 0.05) is 30.6 Å². The van der Waals surface area contributed by atoms with Crippen LogP contribution in [0.3, 0.4) is 0 Å². The molecule has 3 nitrogen and oxygen atoms in total. The highest BCUT2D eigenvalue weighted by atomic mass is 16.2. The molecule has 0 fully saturated rings. The molecule has 0 radical (unpaired) electrons. The van der Waals surface area contributed by atoms with Crippen LogP contribution in [-0.2, 0) is 0 Å². The standard InChI is InChI=1S/C18H25NO2/c1-4-11-19(12-5-2)18(21)17-10-9-15(3)16(14-17)8-6-7-13-20/h9-10,14,20H,4-5,7,11-13H2,1-3H3. The summed E-state index contributed by atoms with van der Waals surface area (Å²) in [6, 6.07) is 5.67. The molecule has 3 heteroatoms. The van der Waals surface area contributed by atoms with Gasteiger partial charge in [-0.1, -0.05) is 31.8 Å². The molecule has 1 aromatic carbocycles. The van der Waals surface area contributed by atoms with E-state index in [0.717, 1.165) is 37.1 Å². The lowest BCUT2D eigenvalue weighted by atomic mass is 10.0. The number of carbonyl (C=O) groups is 1. The molecule has 0 aliphatic carbocycles. The second kappa shape index (κ2) is 9.20. The van der Waals surface area contributed by atoms with E-state index in [4.69, 9.17) is 5.11 Å². The van der Waals surface area contributed by atoms with Crippen molar-refractivity contribution >= 4 is 5.91 Å². The van der Waals surface area contributed by atoms with Crippen molar-refractivity contribution in [2.75, 3.05) is 19.7 Å². The van der Waals surface area contributed by atoms with Crippen molar-refractivity contribution < 1.29 is 9.90 Å². The molecular weight excluding hydrogens is 262 g/mol. The van der Waals surface area contributed by atoms with Gasteiger partial charge in [0.2, 0.25) is 0 Å². The van der Waals surface area contributed by atoms with Gasteiger partial charge < -0.3 is 10.0 Å². The number of nitrogens with zero attached hydrogens (tertiary/aromatic N) is 1. The van der Waals surface area contributed by atoms with Crippen LogP contribution < -0.4 is 0 Å².